The lowest BCUT2D eigenvalue weighted by molar-refractivity contribution is 0.0697. The van der Waals surface area contributed by atoms with Gasteiger partial charge in [0.25, 0.3) is 0 Å². The molecule has 0 saturated carbocycles. The maximum absolute atomic E-state index is 11.6. The summed E-state index contributed by atoms with van der Waals surface area (Å²) in [4.78, 5) is 11.2. The van der Waals surface area contributed by atoms with Crippen molar-refractivity contribution in [3.05, 3.63) is 53.6 Å². The normalized spacial score (nSPS) is 11.3. The third kappa shape index (κ3) is 2.88. The Morgan fingerprint density at radius 1 is 1.10 bits per heavy atom. The molecule has 0 amide bonds. The molecular formula is C15H14O4S. The van der Waals surface area contributed by atoms with E-state index in [2.05, 4.69) is 0 Å². The largest absolute Gasteiger partial charge is 0.478 e. The van der Waals surface area contributed by atoms with E-state index in [1.807, 2.05) is 0 Å². The lowest BCUT2D eigenvalue weighted by Gasteiger charge is -2.08. The Kier molecular flexibility index (Phi) is 3.63. The van der Waals surface area contributed by atoms with Crippen molar-refractivity contribution in [1.29, 1.82) is 0 Å². The van der Waals surface area contributed by atoms with Crippen molar-refractivity contribution in [1.82, 2.24) is 0 Å². The van der Waals surface area contributed by atoms with Gasteiger partial charge in [0.15, 0.2) is 9.84 Å². The van der Waals surface area contributed by atoms with Gasteiger partial charge in [0.2, 0.25) is 0 Å². The topological polar surface area (TPSA) is 71.4 Å². The van der Waals surface area contributed by atoms with Crippen molar-refractivity contribution in [2.75, 3.05) is 6.26 Å². The maximum atomic E-state index is 11.6. The van der Waals surface area contributed by atoms with Gasteiger partial charge in [-0.05, 0) is 47.9 Å². The van der Waals surface area contributed by atoms with E-state index < -0.39 is 15.8 Å². The van der Waals surface area contributed by atoms with Gasteiger partial charge in [-0.1, -0.05) is 18.2 Å². The Hall–Kier alpha value is -2.14. The van der Waals surface area contributed by atoms with E-state index in [0.29, 0.717) is 0 Å². The summed E-state index contributed by atoms with van der Waals surface area (Å²) in [5.41, 5.74) is 2.57. The zero-order chi connectivity index (χ0) is 14.9. The van der Waals surface area contributed by atoms with Crippen molar-refractivity contribution >= 4 is 15.8 Å². The molecule has 2 aromatic carbocycles. The van der Waals surface area contributed by atoms with Crippen LogP contribution in [0.25, 0.3) is 11.1 Å². The Bertz CT molecular complexity index is 776. The average molecular weight is 290 g/mol. The number of carbonyl (C=O) groups is 1. The number of carboxylic acids is 1. The highest BCUT2D eigenvalue weighted by Crippen LogP contribution is 2.26. The van der Waals surface area contributed by atoms with Gasteiger partial charge in [-0.2, -0.15) is 0 Å². The second-order valence-electron chi connectivity index (χ2n) is 4.63. The molecule has 4 nitrogen and oxygen atoms in total. The first kappa shape index (κ1) is 14.3. The number of hydrogen-bond donors (Lipinski definition) is 1. The van der Waals surface area contributed by atoms with E-state index in [-0.39, 0.29) is 10.5 Å². The number of aryl methyl sites for hydroxylation is 1. The van der Waals surface area contributed by atoms with E-state index in [4.69, 9.17) is 5.11 Å². The summed E-state index contributed by atoms with van der Waals surface area (Å²) in [6.07, 6.45) is 1.16. The molecule has 2 rings (SSSR count). The molecule has 5 heteroatoms. The zero-order valence-corrected chi connectivity index (χ0v) is 11.9. The molecule has 0 fully saturated rings. The minimum atomic E-state index is -3.26. The summed E-state index contributed by atoms with van der Waals surface area (Å²) in [6.45, 7) is 1.80. The first-order chi connectivity index (χ1) is 9.29. The quantitative estimate of drug-likeness (QED) is 0.943. The summed E-state index contributed by atoms with van der Waals surface area (Å²) in [7, 11) is -3.26. The van der Waals surface area contributed by atoms with Crippen LogP contribution < -0.4 is 0 Å². The Labute approximate surface area is 117 Å². The number of rotatable bonds is 3. The highest BCUT2D eigenvalue weighted by molar-refractivity contribution is 7.90. The summed E-state index contributed by atoms with van der Waals surface area (Å²) in [6, 6.07) is 11.4. The predicted molar refractivity (Wildman–Crippen MR) is 76.7 cm³/mol. The van der Waals surface area contributed by atoms with Gasteiger partial charge in [-0.15, -0.1) is 0 Å². The van der Waals surface area contributed by atoms with Gasteiger partial charge in [0.1, 0.15) is 0 Å². The molecule has 0 saturated heterocycles. The standard InChI is InChI=1S/C15H14O4S/c1-10-8-12(15(16)17)6-7-14(10)11-4-3-5-13(9-11)20(2,18)19/h3-9H,1-2H3,(H,16,17). The molecule has 0 radical (unpaired) electrons. The van der Waals surface area contributed by atoms with Gasteiger partial charge < -0.3 is 5.11 Å². The van der Waals surface area contributed by atoms with E-state index in [0.717, 1.165) is 22.9 Å². The molecule has 0 aliphatic rings. The fourth-order valence-corrected chi connectivity index (χ4v) is 2.68. The molecule has 0 unspecified atom stereocenters. The van der Waals surface area contributed by atoms with Crippen LogP contribution in [0.4, 0.5) is 0 Å². The molecule has 0 bridgehead atoms. The molecule has 0 aromatic heterocycles. The number of carboxylic acid groups (broad SMARTS) is 1. The third-order valence-electron chi connectivity index (χ3n) is 3.05. The number of hydrogen-bond acceptors (Lipinski definition) is 3. The lowest BCUT2D eigenvalue weighted by atomic mass is 9.98. The fraction of sp³-hybridized carbons (Fsp3) is 0.133. The second kappa shape index (κ2) is 5.09. The summed E-state index contributed by atoms with van der Waals surface area (Å²) in [5, 5.41) is 8.94. The second-order valence-corrected chi connectivity index (χ2v) is 6.65. The lowest BCUT2D eigenvalue weighted by Crippen LogP contribution is -1.99. The van der Waals surface area contributed by atoms with Crippen LogP contribution in [0.3, 0.4) is 0 Å². The summed E-state index contributed by atoms with van der Waals surface area (Å²) in [5.74, 6) is -0.982. The summed E-state index contributed by atoms with van der Waals surface area (Å²) >= 11 is 0. The summed E-state index contributed by atoms with van der Waals surface area (Å²) < 4.78 is 23.1. The van der Waals surface area contributed by atoms with E-state index in [1.165, 1.54) is 6.07 Å². The van der Waals surface area contributed by atoms with Crippen molar-refractivity contribution in [3.8, 4) is 11.1 Å². The minimum absolute atomic E-state index is 0.213. The molecule has 2 aromatic rings. The first-order valence-electron chi connectivity index (χ1n) is 5.93. The maximum Gasteiger partial charge on any atom is 0.335 e. The third-order valence-corrected chi connectivity index (χ3v) is 4.16. The zero-order valence-electron chi connectivity index (χ0n) is 11.1. The van der Waals surface area contributed by atoms with E-state index >= 15 is 0 Å². The SMILES string of the molecule is Cc1cc(C(=O)O)ccc1-c1cccc(S(C)(=O)=O)c1. The van der Waals surface area contributed by atoms with Crippen LogP contribution in [0.1, 0.15) is 15.9 Å². The number of aromatic carboxylic acids is 1. The van der Waals surface area contributed by atoms with Gasteiger partial charge in [-0.3, -0.25) is 0 Å². The highest BCUT2D eigenvalue weighted by Gasteiger charge is 2.11. The first-order valence-corrected chi connectivity index (χ1v) is 7.82. The number of sulfone groups is 1. The molecule has 0 spiro atoms. The van der Waals surface area contributed by atoms with Gasteiger partial charge in [-0.25, -0.2) is 13.2 Å². The van der Waals surface area contributed by atoms with Gasteiger partial charge in [0, 0.05) is 6.26 Å². The van der Waals surface area contributed by atoms with Crippen molar-refractivity contribution in [3.63, 3.8) is 0 Å². The highest BCUT2D eigenvalue weighted by atomic mass is 32.2. The Morgan fingerprint density at radius 3 is 2.35 bits per heavy atom. The predicted octanol–water partition coefficient (Wildman–Crippen LogP) is 2.76. The van der Waals surface area contributed by atoms with Crippen molar-refractivity contribution < 1.29 is 18.3 Å². The Morgan fingerprint density at radius 2 is 1.80 bits per heavy atom. The molecule has 1 N–H and O–H groups in total. The van der Waals surface area contributed by atoms with E-state index in [1.54, 1.807) is 43.3 Å². The van der Waals surface area contributed by atoms with Crippen molar-refractivity contribution in [2.24, 2.45) is 0 Å². The molecule has 104 valence electrons. The minimum Gasteiger partial charge on any atom is -0.478 e. The molecule has 20 heavy (non-hydrogen) atoms. The van der Waals surface area contributed by atoms with Gasteiger partial charge in [0.05, 0.1) is 10.5 Å². The Balaban J connectivity index is 2.55. The average Bonchev–Trinajstić information content (AvgIpc) is 2.37. The molecule has 0 heterocycles. The van der Waals surface area contributed by atoms with Crippen LogP contribution in [0.5, 0.6) is 0 Å². The van der Waals surface area contributed by atoms with Gasteiger partial charge >= 0.3 is 5.97 Å². The molecule has 0 aliphatic heterocycles. The smallest absolute Gasteiger partial charge is 0.335 e. The van der Waals surface area contributed by atoms with Crippen LogP contribution >= 0.6 is 0 Å². The fourth-order valence-electron chi connectivity index (χ4n) is 2.01. The van der Waals surface area contributed by atoms with E-state index in [9.17, 15) is 13.2 Å². The number of benzene rings is 2. The molecule has 0 atom stereocenters. The van der Waals surface area contributed by atoms with Crippen LogP contribution in [0.15, 0.2) is 47.4 Å². The van der Waals surface area contributed by atoms with Crippen LogP contribution in [0, 0.1) is 6.92 Å². The van der Waals surface area contributed by atoms with Crippen molar-refractivity contribution in [2.45, 2.75) is 11.8 Å². The van der Waals surface area contributed by atoms with Crippen LogP contribution in [-0.2, 0) is 9.84 Å². The molecule has 0 aliphatic carbocycles. The van der Waals surface area contributed by atoms with Crippen LogP contribution in [0.2, 0.25) is 0 Å². The monoisotopic (exact) mass is 290 g/mol. The molecular weight excluding hydrogens is 276 g/mol. The van der Waals surface area contributed by atoms with Crippen LogP contribution in [-0.4, -0.2) is 25.7 Å².